The minimum absolute atomic E-state index is 0. The second kappa shape index (κ2) is 9.22. The first-order chi connectivity index (χ1) is 12.7. The number of thioether (sulfide) groups is 1. The molecule has 3 aromatic heterocycles. The Labute approximate surface area is 164 Å². The third kappa shape index (κ3) is 4.21. The van der Waals surface area contributed by atoms with Crippen molar-refractivity contribution in [2.45, 2.75) is 24.5 Å². The third-order valence-corrected chi connectivity index (χ3v) is 5.60. The minimum atomic E-state index is -2.64. The summed E-state index contributed by atoms with van der Waals surface area (Å²) in [5, 5.41) is 0.595. The maximum Gasteiger partial charge on any atom is 0.281 e. The second-order valence-corrected chi connectivity index (χ2v) is 7.31. The molecule has 4 heterocycles. The van der Waals surface area contributed by atoms with E-state index in [0.717, 1.165) is 25.3 Å². The summed E-state index contributed by atoms with van der Waals surface area (Å²) in [6.45, 7) is 1.91. The molecule has 152 valence electrons. The Balaban J connectivity index is 0.00000140. The Bertz CT molecular complexity index is 926. The number of aromatic nitrogens is 5. The highest BCUT2D eigenvalue weighted by atomic mass is 32.2. The van der Waals surface area contributed by atoms with Gasteiger partial charge in [0.05, 0.1) is 12.4 Å². The largest absolute Gasteiger partial charge is 0.412 e. The highest BCUT2D eigenvalue weighted by Crippen LogP contribution is 2.26. The van der Waals surface area contributed by atoms with E-state index in [9.17, 15) is 8.78 Å². The van der Waals surface area contributed by atoms with Crippen molar-refractivity contribution >= 4 is 23.2 Å². The molecule has 4 N–H and O–H groups in total. The monoisotopic (exact) mass is 412 g/mol. The minimum Gasteiger partial charge on any atom is -0.412 e. The van der Waals surface area contributed by atoms with Crippen LogP contribution in [0.3, 0.4) is 0 Å². The number of alkyl halides is 2. The van der Waals surface area contributed by atoms with Gasteiger partial charge in [0.15, 0.2) is 11.5 Å². The number of imidazole rings is 1. The van der Waals surface area contributed by atoms with Crippen LogP contribution in [-0.2, 0) is 0 Å². The summed E-state index contributed by atoms with van der Waals surface area (Å²) in [7, 11) is 0. The van der Waals surface area contributed by atoms with Gasteiger partial charge in [0.1, 0.15) is 17.2 Å². The van der Waals surface area contributed by atoms with Crippen LogP contribution in [-0.4, -0.2) is 59.9 Å². The van der Waals surface area contributed by atoms with Gasteiger partial charge in [-0.2, -0.15) is 11.8 Å². The molecule has 0 saturated carbocycles. The quantitative estimate of drug-likeness (QED) is 0.644. The molecule has 0 amide bonds. The normalized spacial score (nSPS) is 16.7. The van der Waals surface area contributed by atoms with Crippen molar-refractivity contribution in [2.24, 2.45) is 0 Å². The van der Waals surface area contributed by atoms with Gasteiger partial charge in [-0.25, -0.2) is 28.7 Å². The molecule has 8 nitrogen and oxygen atoms in total. The standard InChI is InChI=1S/C17H18F2N6S.2H2O/c1-26-11-3-2-6-24(9-11)14-4-5-20-17(23-14)13-7-22-15-8-21-12(16(18)19)10-25(13)15;;/h4-5,7-8,10-11,16H,2-3,6,9H2,1H3;2*1H2. The van der Waals surface area contributed by atoms with Crippen molar-refractivity contribution < 1.29 is 19.7 Å². The van der Waals surface area contributed by atoms with E-state index in [-0.39, 0.29) is 16.6 Å². The smallest absolute Gasteiger partial charge is 0.281 e. The number of anilines is 1. The first-order valence-electron chi connectivity index (χ1n) is 8.38. The molecular weight excluding hydrogens is 390 g/mol. The lowest BCUT2D eigenvalue weighted by Crippen LogP contribution is -2.37. The van der Waals surface area contributed by atoms with Crippen molar-refractivity contribution in [3.63, 3.8) is 0 Å². The fourth-order valence-electron chi connectivity index (χ4n) is 3.17. The molecule has 11 heteroatoms. The Morgan fingerprint density at radius 1 is 1.18 bits per heavy atom. The zero-order valence-electron chi connectivity index (χ0n) is 15.2. The Morgan fingerprint density at radius 2 is 2.00 bits per heavy atom. The Kier molecular flexibility index (Phi) is 7.22. The fraction of sp³-hybridized carbons (Fsp3) is 0.412. The highest BCUT2D eigenvalue weighted by molar-refractivity contribution is 7.99. The molecular formula is C17H22F2N6O2S. The molecule has 0 bridgehead atoms. The Hall–Kier alpha value is -2.37. The molecule has 0 radical (unpaired) electrons. The van der Waals surface area contributed by atoms with Gasteiger partial charge in [0.2, 0.25) is 0 Å². The number of piperidine rings is 1. The van der Waals surface area contributed by atoms with Gasteiger partial charge in [-0.05, 0) is 25.2 Å². The molecule has 1 aliphatic rings. The summed E-state index contributed by atoms with van der Waals surface area (Å²) in [5.74, 6) is 1.32. The zero-order chi connectivity index (χ0) is 18.1. The van der Waals surface area contributed by atoms with Gasteiger partial charge >= 0.3 is 0 Å². The van der Waals surface area contributed by atoms with Crippen LogP contribution >= 0.6 is 11.8 Å². The van der Waals surface area contributed by atoms with E-state index in [1.165, 1.54) is 18.8 Å². The van der Waals surface area contributed by atoms with E-state index in [0.29, 0.717) is 22.4 Å². The first-order valence-corrected chi connectivity index (χ1v) is 9.67. The van der Waals surface area contributed by atoms with Crippen LogP contribution in [0.2, 0.25) is 0 Å². The maximum absolute atomic E-state index is 13.0. The van der Waals surface area contributed by atoms with Gasteiger partial charge < -0.3 is 15.9 Å². The van der Waals surface area contributed by atoms with E-state index >= 15 is 0 Å². The van der Waals surface area contributed by atoms with E-state index in [1.54, 1.807) is 16.8 Å². The Morgan fingerprint density at radius 3 is 2.75 bits per heavy atom. The lowest BCUT2D eigenvalue weighted by molar-refractivity contribution is 0.145. The summed E-state index contributed by atoms with van der Waals surface area (Å²) in [4.78, 5) is 19.2. The predicted molar refractivity (Wildman–Crippen MR) is 105 cm³/mol. The van der Waals surface area contributed by atoms with Crippen LogP contribution in [0.5, 0.6) is 0 Å². The van der Waals surface area contributed by atoms with Gasteiger partial charge in [-0.3, -0.25) is 4.40 Å². The predicted octanol–water partition coefficient (Wildman–Crippen LogP) is 1.81. The van der Waals surface area contributed by atoms with Crippen LogP contribution in [0.25, 0.3) is 17.2 Å². The van der Waals surface area contributed by atoms with Crippen LogP contribution < -0.4 is 4.90 Å². The van der Waals surface area contributed by atoms with E-state index in [1.807, 2.05) is 17.8 Å². The number of hydrogen-bond acceptors (Lipinski definition) is 6. The number of halogens is 2. The van der Waals surface area contributed by atoms with Crippen molar-refractivity contribution in [3.05, 3.63) is 36.5 Å². The lowest BCUT2D eigenvalue weighted by atomic mass is 10.1. The van der Waals surface area contributed by atoms with Crippen LogP contribution in [0.4, 0.5) is 14.6 Å². The molecule has 3 aromatic rings. The van der Waals surface area contributed by atoms with Crippen LogP contribution in [0.1, 0.15) is 25.0 Å². The van der Waals surface area contributed by atoms with Crippen molar-refractivity contribution in [1.29, 1.82) is 0 Å². The average molecular weight is 412 g/mol. The molecule has 1 saturated heterocycles. The second-order valence-electron chi connectivity index (χ2n) is 6.17. The van der Waals surface area contributed by atoms with Gasteiger partial charge in [-0.15, -0.1) is 0 Å². The van der Waals surface area contributed by atoms with Crippen molar-refractivity contribution in [3.8, 4) is 11.5 Å². The summed E-state index contributed by atoms with van der Waals surface area (Å²) >= 11 is 1.88. The van der Waals surface area contributed by atoms with Gasteiger partial charge in [0.25, 0.3) is 6.43 Å². The van der Waals surface area contributed by atoms with Crippen molar-refractivity contribution in [1.82, 2.24) is 24.3 Å². The topological polar surface area (TPSA) is 122 Å². The molecule has 0 aliphatic carbocycles. The molecule has 1 fully saturated rings. The summed E-state index contributed by atoms with van der Waals surface area (Å²) in [6, 6.07) is 1.89. The third-order valence-electron chi connectivity index (χ3n) is 4.54. The molecule has 0 aromatic carbocycles. The number of fused-ring (bicyclic) bond motifs is 1. The van der Waals surface area contributed by atoms with Crippen LogP contribution in [0, 0.1) is 0 Å². The molecule has 0 spiro atoms. The average Bonchev–Trinajstić information content (AvgIpc) is 3.11. The number of rotatable bonds is 4. The summed E-state index contributed by atoms with van der Waals surface area (Å²) < 4.78 is 27.5. The zero-order valence-corrected chi connectivity index (χ0v) is 16.0. The van der Waals surface area contributed by atoms with E-state index < -0.39 is 6.43 Å². The SMILES string of the molecule is CSC1CCCN(c2ccnc(-c3cnc4cnc(C(F)F)cn34)n2)C1.O.O. The molecule has 4 rings (SSSR count). The number of hydrogen-bond donors (Lipinski definition) is 0. The number of nitrogens with zero attached hydrogens (tertiary/aromatic N) is 6. The summed E-state index contributed by atoms with van der Waals surface area (Å²) in [6.07, 6.45) is 7.76. The van der Waals surface area contributed by atoms with Crippen LogP contribution in [0.15, 0.2) is 30.9 Å². The van der Waals surface area contributed by atoms with Gasteiger partial charge in [-0.1, -0.05) is 0 Å². The van der Waals surface area contributed by atoms with Crippen molar-refractivity contribution in [2.75, 3.05) is 24.2 Å². The van der Waals surface area contributed by atoms with E-state index in [2.05, 4.69) is 31.1 Å². The molecule has 1 unspecified atom stereocenters. The molecule has 1 aliphatic heterocycles. The highest BCUT2D eigenvalue weighted by Gasteiger charge is 2.21. The first kappa shape index (κ1) is 21.9. The maximum atomic E-state index is 13.0. The summed E-state index contributed by atoms with van der Waals surface area (Å²) in [5.41, 5.74) is 0.759. The van der Waals surface area contributed by atoms with E-state index in [4.69, 9.17) is 0 Å². The molecule has 28 heavy (non-hydrogen) atoms. The lowest BCUT2D eigenvalue weighted by Gasteiger charge is -2.32. The van der Waals surface area contributed by atoms with Gasteiger partial charge in [0, 0.05) is 30.7 Å². The molecule has 1 atom stereocenters. The fourth-order valence-corrected chi connectivity index (χ4v) is 3.90.